The molecule has 0 unspecified atom stereocenters. The fourth-order valence-electron chi connectivity index (χ4n) is 6.15. The number of aliphatic imine (C=N–C) groups is 2. The van der Waals surface area contributed by atoms with Crippen LogP contribution in [0.1, 0.15) is 74.6 Å². The van der Waals surface area contributed by atoms with Gasteiger partial charge in [0.1, 0.15) is 11.5 Å². The summed E-state index contributed by atoms with van der Waals surface area (Å²) in [5, 5.41) is 8.90. The fraction of sp³-hybridized carbons (Fsp3) is 0.364. The normalized spacial score (nSPS) is 13.5. The van der Waals surface area contributed by atoms with Gasteiger partial charge in [0, 0.05) is 11.4 Å². The largest absolute Gasteiger partial charge is 0.494 e. The van der Waals surface area contributed by atoms with Gasteiger partial charge in [-0.05, 0) is 96.5 Å². The van der Waals surface area contributed by atoms with Crippen molar-refractivity contribution in [2.45, 2.75) is 65.2 Å². The van der Waals surface area contributed by atoms with Gasteiger partial charge < -0.3 is 29.8 Å². The van der Waals surface area contributed by atoms with Crippen molar-refractivity contribution < 1.29 is 28.7 Å². The van der Waals surface area contributed by atoms with Crippen molar-refractivity contribution in [2.75, 3.05) is 50.0 Å². The molecule has 0 saturated carbocycles. The molecule has 294 valence electrons. The maximum atomic E-state index is 12.8. The van der Waals surface area contributed by atoms with Crippen molar-refractivity contribution in [2.24, 2.45) is 9.98 Å². The number of hydrogen-bond acceptors (Lipinski definition) is 12. The van der Waals surface area contributed by atoms with Crippen molar-refractivity contribution in [3.05, 3.63) is 119 Å². The van der Waals surface area contributed by atoms with Gasteiger partial charge in [0.05, 0.1) is 39.4 Å². The first kappa shape index (κ1) is 39.6. The molecule has 0 saturated heterocycles. The Balaban J connectivity index is 0.924. The van der Waals surface area contributed by atoms with Gasteiger partial charge in [-0.15, -0.1) is 0 Å². The molecule has 56 heavy (non-hydrogen) atoms. The molecule has 0 spiro atoms. The molecule has 0 atom stereocenters. The molecule has 4 aromatic rings. The number of nitrogens with zero attached hydrogens (tertiary/aromatic N) is 4. The smallest absolute Gasteiger partial charge is 0.444 e. The summed E-state index contributed by atoms with van der Waals surface area (Å²) in [6.45, 7) is 7.23. The summed E-state index contributed by atoms with van der Waals surface area (Å²) in [6, 6.07) is 32.3. The van der Waals surface area contributed by atoms with Crippen LogP contribution in [0.25, 0.3) is 0 Å². The van der Waals surface area contributed by atoms with Crippen LogP contribution in [0.15, 0.2) is 107 Å². The summed E-state index contributed by atoms with van der Waals surface area (Å²) in [4.78, 5) is 45.2. The highest BCUT2D eigenvalue weighted by atomic mass is 16.8. The van der Waals surface area contributed by atoms with E-state index in [-0.39, 0.29) is 0 Å². The number of carbonyl (C=O) groups is 2. The summed E-state index contributed by atoms with van der Waals surface area (Å²) in [6.07, 6.45) is 8.38. The number of nitrogens with one attached hydrogen (secondary N) is 2. The van der Waals surface area contributed by atoms with Crippen LogP contribution in [0.5, 0.6) is 11.5 Å². The summed E-state index contributed by atoms with van der Waals surface area (Å²) < 4.78 is 11.7. The highest BCUT2D eigenvalue weighted by molar-refractivity contribution is 6.30. The average Bonchev–Trinajstić information content (AvgIpc) is 3.86. The molecule has 0 fully saturated rings. The van der Waals surface area contributed by atoms with Crippen LogP contribution in [0, 0.1) is 0 Å². The van der Waals surface area contributed by atoms with Crippen LogP contribution in [0.3, 0.4) is 0 Å². The van der Waals surface area contributed by atoms with Crippen LogP contribution in [-0.2, 0) is 32.1 Å². The summed E-state index contributed by atoms with van der Waals surface area (Å²) in [7, 11) is 0. The van der Waals surface area contributed by atoms with E-state index in [1.807, 2.05) is 72.8 Å². The Hall–Kier alpha value is -6.04. The molecule has 0 aliphatic carbocycles. The number of benzene rings is 4. The molecule has 4 aromatic carbocycles. The Morgan fingerprint density at radius 2 is 0.893 bits per heavy atom. The van der Waals surface area contributed by atoms with E-state index in [4.69, 9.17) is 19.1 Å². The first-order valence-corrected chi connectivity index (χ1v) is 19.7. The lowest BCUT2D eigenvalue weighted by molar-refractivity contribution is -0.198. The quantitative estimate of drug-likeness (QED) is 0.0767. The number of anilines is 2. The van der Waals surface area contributed by atoms with E-state index in [0.717, 1.165) is 72.9 Å². The maximum Gasteiger partial charge on any atom is 0.444 e. The summed E-state index contributed by atoms with van der Waals surface area (Å²) >= 11 is 0. The van der Waals surface area contributed by atoms with E-state index in [1.54, 1.807) is 0 Å². The molecule has 12 nitrogen and oxygen atoms in total. The first-order chi connectivity index (χ1) is 27.4. The lowest BCUT2D eigenvalue weighted by Gasteiger charge is -2.21. The number of rotatable bonds is 18. The molecule has 2 N–H and O–H groups in total. The molecule has 2 aliphatic rings. The lowest BCUT2D eigenvalue weighted by Crippen LogP contribution is -2.41. The van der Waals surface area contributed by atoms with Gasteiger partial charge in [-0.2, -0.15) is 10.1 Å². The number of hydrogen-bond donors (Lipinski definition) is 2. The van der Waals surface area contributed by atoms with Crippen molar-refractivity contribution in [1.29, 1.82) is 0 Å². The number of ether oxygens (including phenoxy) is 2. The van der Waals surface area contributed by atoms with Crippen LogP contribution in [0.4, 0.5) is 11.4 Å². The summed E-state index contributed by atoms with van der Waals surface area (Å²) in [5.41, 5.74) is 6.19. The van der Waals surface area contributed by atoms with E-state index < -0.39 is 11.9 Å². The third kappa shape index (κ3) is 12.0. The second-order valence-electron chi connectivity index (χ2n) is 13.8. The predicted molar refractivity (Wildman–Crippen MR) is 219 cm³/mol. The van der Waals surface area contributed by atoms with Crippen LogP contribution in [-0.4, -0.2) is 73.4 Å². The Kier molecular flexibility index (Phi) is 14.6. The predicted octanol–water partition coefficient (Wildman–Crippen LogP) is 7.79. The molecule has 2 heterocycles. The minimum Gasteiger partial charge on any atom is -0.494 e. The third-order valence-corrected chi connectivity index (χ3v) is 9.27. The fourth-order valence-corrected chi connectivity index (χ4v) is 6.15. The monoisotopic (exact) mass is 760 g/mol. The zero-order chi connectivity index (χ0) is 39.0. The van der Waals surface area contributed by atoms with Crippen LogP contribution in [0.2, 0.25) is 0 Å². The topological polar surface area (TPSA) is 126 Å². The highest BCUT2D eigenvalue weighted by Crippen LogP contribution is 2.20. The van der Waals surface area contributed by atoms with Gasteiger partial charge in [0.15, 0.2) is 0 Å². The van der Waals surface area contributed by atoms with Gasteiger partial charge in [-0.1, -0.05) is 88.1 Å². The minimum atomic E-state index is -1.17. The molecular formula is C44H52N6O6. The Morgan fingerprint density at radius 1 is 0.536 bits per heavy atom. The molecule has 2 aliphatic heterocycles. The first-order valence-electron chi connectivity index (χ1n) is 19.7. The van der Waals surface area contributed by atoms with E-state index >= 15 is 0 Å². The zero-order valence-corrected chi connectivity index (χ0v) is 32.4. The van der Waals surface area contributed by atoms with E-state index in [1.165, 1.54) is 46.9 Å². The van der Waals surface area contributed by atoms with Gasteiger partial charge >= 0.3 is 11.9 Å². The summed E-state index contributed by atoms with van der Waals surface area (Å²) in [5.74, 6) is 0.0992. The van der Waals surface area contributed by atoms with Crippen molar-refractivity contribution in [1.82, 2.24) is 10.1 Å². The van der Waals surface area contributed by atoms with Crippen molar-refractivity contribution in [3.8, 4) is 11.5 Å². The molecule has 0 aromatic heterocycles. The number of unbranched alkanes of at least 4 members (excludes halogenated alkanes) is 4. The second kappa shape index (κ2) is 20.6. The van der Waals surface area contributed by atoms with E-state index in [2.05, 4.69) is 58.7 Å². The van der Waals surface area contributed by atoms with Gasteiger partial charge in [-0.3, -0.25) is 0 Å². The molecule has 0 radical (unpaired) electrons. The number of carbonyl (C=O) groups excluding carboxylic acids is 2. The van der Waals surface area contributed by atoms with Crippen molar-refractivity contribution in [3.63, 3.8) is 0 Å². The Labute approximate surface area is 329 Å². The van der Waals surface area contributed by atoms with E-state index in [0.29, 0.717) is 38.1 Å². The molecule has 0 amide bonds. The second-order valence-corrected chi connectivity index (χ2v) is 13.8. The maximum absolute atomic E-state index is 12.8. The molecular weight excluding hydrogens is 709 g/mol. The standard InChI is InChI=1S/C44H52N6O6/c1-3-5-7-29-53-39-21-13-35(14-22-39)31-33-9-17-37(18-10-33)47-43-45-25-27-49(43)55-41(51)42(52)56-50-28-26-46-44(50)48-38-19-11-34(12-20-38)32-36-15-23-40(24-16-36)54-30-8-6-4-2/h9-24H,3-8,25-32H2,1-2H3,(H,45,47)(H,46,48). The van der Waals surface area contributed by atoms with Crippen molar-refractivity contribution >= 4 is 35.2 Å². The van der Waals surface area contributed by atoms with Gasteiger partial charge in [0.2, 0.25) is 11.9 Å². The highest BCUT2D eigenvalue weighted by Gasteiger charge is 2.31. The third-order valence-electron chi connectivity index (χ3n) is 9.27. The molecule has 0 bridgehead atoms. The zero-order valence-electron chi connectivity index (χ0n) is 32.4. The van der Waals surface area contributed by atoms with Crippen LogP contribution < -0.4 is 20.1 Å². The Bertz CT molecular complexity index is 1770. The average molecular weight is 761 g/mol. The number of guanidine groups is 2. The molecule has 6 rings (SSSR count). The van der Waals surface area contributed by atoms with Gasteiger partial charge in [-0.25, -0.2) is 19.6 Å². The lowest BCUT2D eigenvalue weighted by atomic mass is 10.0. The minimum absolute atomic E-state index is 0.296. The van der Waals surface area contributed by atoms with Crippen LogP contribution >= 0.6 is 0 Å². The van der Waals surface area contributed by atoms with Gasteiger partial charge in [0.25, 0.3) is 0 Å². The molecule has 12 heteroatoms. The Morgan fingerprint density at radius 3 is 1.25 bits per heavy atom. The van der Waals surface area contributed by atoms with E-state index in [9.17, 15) is 9.59 Å². The SMILES string of the molecule is CCCCCOc1ccc(Cc2ccc(NC3=NCCN3OC(=O)C(=O)ON3CCN=C3Nc3ccc(Cc4ccc(OCCCCC)cc4)cc3)cc2)cc1. The number of hydroxylamine groups is 4.